The standard InChI is InChI=1S/C12H19NO2/c1-10(7-8-15-2)13-9-11-3-5-12(14)6-4-11/h3-6,10,13-14H,7-9H2,1-2H3. The van der Waals surface area contributed by atoms with Gasteiger partial charge in [0, 0.05) is 26.3 Å². The topological polar surface area (TPSA) is 41.5 Å². The van der Waals surface area contributed by atoms with E-state index in [-0.39, 0.29) is 0 Å². The van der Waals surface area contributed by atoms with Crippen molar-refractivity contribution < 1.29 is 9.84 Å². The molecule has 0 bridgehead atoms. The molecule has 15 heavy (non-hydrogen) atoms. The number of benzene rings is 1. The molecule has 3 nitrogen and oxygen atoms in total. The lowest BCUT2D eigenvalue weighted by molar-refractivity contribution is 0.184. The van der Waals surface area contributed by atoms with Crippen LogP contribution in [0.5, 0.6) is 5.75 Å². The van der Waals surface area contributed by atoms with Gasteiger partial charge in [0.15, 0.2) is 0 Å². The lowest BCUT2D eigenvalue weighted by atomic mass is 10.2. The van der Waals surface area contributed by atoms with Gasteiger partial charge in [0.05, 0.1) is 0 Å². The highest BCUT2D eigenvalue weighted by atomic mass is 16.5. The van der Waals surface area contributed by atoms with Crippen molar-refractivity contribution in [2.45, 2.75) is 25.9 Å². The molecule has 0 saturated heterocycles. The molecule has 0 spiro atoms. The maximum absolute atomic E-state index is 9.11. The van der Waals surface area contributed by atoms with Crippen molar-refractivity contribution in [2.24, 2.45) is 0 Å². The van der Waals surface area contributed by atoms with Crippen molar-refractivity contribution >= 4 is 0 Å². The van der Waals surface area contributed by atoms with Crippen LogP contribution in [0.4, 0.5) is 0 Å². The molecule has 3 heteroatoms. The molecule has 0 amide bonds. The van der Waals surface area contributed by atoms with E-state index < -0.39 is 0 Å². The van der Waals surface area contributed by atoms with Gasteiger partial charge < -0.3 is 15.2 Å². The smallest absolute Gasteiger partial charge is 0.115 e. The van der Waals surface area contributed by atoms with Crippen LogP contribution in [0.2, 0.25) is 0 Å². The van der Waals surface area contributed by atoms with Crippen molar-refractivity contribution in [1.82, 2.24) is 5.32 Å². The van der Waals surface area contributed by atoms with E-state index in [0.29, 0.717) is 11.8 Å². The van der Waals surface area contributed by atoms with E-state index in [9.17, 15) is 0 Å². The first-order chi connectivity index (χ1) is 7.22. The second kappa shape index (κ2) is 6.43. The highest BCUT2D eigenvalue weighted by molar-refractivity contribution is 5.25. The van der Waals surface area contributed by atoms with Crippen LogP contribution in [-0.4, -0.2) is 24.9 Å². The van der Waals surface area contributed by atoms with Gasteiger partial charge in [-0.25, -0.2) is 0 Å². The van der Waals surface area contributed by atoms with Crippen LogP contribution in [-0.2, 0) is 11.3 Å². The first kappa shape index (κ1) is 12.0. The fraction of sp³-hybridized carbons (Fsp3) is 0.500. The summed E-state index contributed by atoms with van der Waals surface area (Å²) < 4.78 is 5.01. The van der Waals surface area contributed by atoms with Crippen LogP contribution < -0.4 is 5.32 Å². The highest BCUT2D eigenvalue weighted by Crippen LogP contribution is 2.09. The van der Waals surface area contributed by atoms with E-state index in [1.54, 1.807) is 19.2 Å². The monoisotopic (exact) mass is 209 g/mol. The fourth-order valence-corrected chi connectivity index (χ4v) is 1.30. The SMILES string of the molecule is COCCC(C)NCc1ccc(O)cc1. The maximum Gasteiger partial charge on any atom is 0.115 e. The number of hydrogen-bond donors (Lipinski definition) is 2. The van der Waals surface area contributed by atoms with Crippen LogP contribution in [0.1, 0.15) is 18.9 Å². The number of phenolic OH excluding ortho intramolecular Hbond substituents is 1. The minimum absolute atomic E-state index is 0.311. The second-order valence-electron chi connectivity index (χ2n) is 3.73. The summed E-state index contributed by atoms with van der Waals surface area (Å²) >= 11 is 0. The molecular weight excluding hydrogens is 190 g/mol. The largest absolute Gasteiger partial charge is 0.508 e. The predicted octanol–water partition coefficient (Wildman–Crippen LogP) is 1.91. The highest BCUT2D eigenvalue weighted by Gasteiger charge is 2.00. The summed E-state index contributed by atoms with van der Waals surface area (Å²) in [5.74, 6) is 0.311. The van der Waals surface area contributed by atoms with Gasteiger partial charge in [0.25, 0.3) is 0 Å². The van der Waals surface area contributed by atoms with Crippen molar-refractivity contribution in [2.75, 3.05) is 13.7 Å². The zero-order valence-corrected chi connectivity index (χ0v) is 9.36. The molecule has 0 fully saturated rings. The molecule has 84 valence electrons. The molecule has 2 N–H and O–H groups in total. The summed E-state index contributed by atoms with van der Waals surface area (Å²) in [5.41, 5.74) is 1.18. The third kappa shape index (κ3) is 4.81. The Bertz CT molecular complexity index is 271. The number of nitrogens with one attached hydrogen (secondary N) is 1. The van der Waals surface area contributed by atoms with Crippen molar-refractivity contribution in [3.63, 3.8) is 0 Å². The van der Waals surface area contributed by atoms with Gasteiger partial charge >= 0.3 is 0 Å². The number of aromatic hydroxyl groups is 1. The zero-order valence-electron chi connectivity index (χ0n) is 9.36. The van der Waals surface area contributed by atoms with Crippen LogP contribution in [0.3, 0.4) is 0 Å². The number of phenols is 1. The summed E-state index contributed by atoms with van der Waals surface area (Å²) in [5, 5.41) is 12.5. The van der Waals surface area contributed by atoms with E-state index in [1.165, 1.54) is 5.56 Å². The van der Waals surface area contributed by atoms with Crippen molar-refractivity contribution in [1.29, 1.82) is 0 Å². The lowest BCUT2D eigenvalue weighted by Gasteiger charge is -2.13. The minimum Gasteiger partial charge on any atom is -0.508 e. The molecule has 0 saturated carbocycles. The molecule has 1 aromatic rings. The Morgan fingerprint density at radius 1 is 1.33 bits per heavy atom. The predicted molar refractivity (Wildman–Crippen MR) is 60.9 cm³/mol. The summed E-state index contributed by atoms with van der Waals surface area (Å²) in [6.07, 6.45) is 1.01. The summed E-state index contributed by atoms with van der Waals surface area (Å²) in [6.45, 7) is 3.74. The zero-order chi connectivity index (χ0) is 11.1. The molecule has 0 radical (unpaired) electrons. The molecule has 0 aliphatic rings. The normalized spacial score (nSPS) is 12.7. The maximum atomic E-state index is 9.11. The average Bonchev–Trinajstić information content (AvgIpc) is 2.25. The van der Waals surface area contributed by atoms with Gasteiger partial charge in [0.2, 0.25) is 0 Å². The van der Waals surface area contributed by atoms with E-state index in [0.717, 1.165) is 19.6 Å². The van der Waals surface area contributed by atoms with E-state index in [1.807, 2.05) is 12.1 Å². The van der Waals surface area contributed by atoms with Gasteiger partial charge in [-0.1, -0.05) is 12.1 Å². The Labute approximate surface area is 91.1 Å². The molecule has 1 rings (SSSR count). The minimum atomic E-state index is 0.311. The Hall–Kier alpha value is -1.06. The lowest BCUT2D eigenvalue weighted by Crippen LogP contribution is -2.26. The quantitative estimate of drug-likeness (QED) is 0.752. The third-order valence-electron chi connectivity index (χ3n) is 2.35. The summed E-state index contributed by atoms with van der Waals surface area (Å²) in [7, 11) is 1.71. The van der Waals surface area contributed by atoms with E-state index in [2.05, 4.69) is 12.2 Å². The van der Waals surface area contributed by atoms with Crippen LogP contribution in [0.25, 0.3) is 0 Å². The van der Waals surface area contributed by atoms with Gasteiger partial charge in [-0.05, 0) is 31.0 Å². The molecule has 0 heterocycles. The first-order valence-electron chi connectivity index (χ1n) is 5.22. The number of hydrogen-bond acceptors (Lipinski definition) is 3. The number of ether oxygens (including phenoxy) is 1. The molecule has 1 atom stereocenters. The average molecular weight is 209 g/mol. The summed E-state index contributed by atoms with van der Waals surface area (Å²) in [4.78, 5) is 0. The third-order valence-corrected chi connectivity index (χ3v) is 2.35. The Morgan fingerprint density at radius 3 is 2.60 bits per heavy atom. The van der Waals surface area contributed by atoms with Crippen LogP contribution in [0, 0.1) is 0 Å². The Kier molecular flexibility index (Phi) is 5.15. The molecule has 1 aromatic carbocycles. The van der Waals surface area contributed by atoms with Crippen molar-refractivity contribution in [3.8, 4) is 5.75 Å². The second-order valence-corrected chi connectivity index (χ2v) is 3.73. The van der Waals surface area contributed by atoms with E-state index in [4.69, 9.17) is 9.84 Å². The van der Waals surface area contributed by atoms with Crippen molar-refractivity contribution in [3.05, 3.63) is 29.8 Å². The van der Waals surface area contributed by atoms with Crippen LogP contribution >= 0.6 is 0 Å². The molecule has 0 aliphatic carbocycles. The first-order valence-corrected chi connectivity index (χ1v) is 5.22. The Morgan fingerprint density at radius 2 is 2.00 bits per heavy atom. The molecule has 0 aliphatic heterocycles. The Balaban J connectivity index is 2.27. The summed E-state index contributed by atoms with van der Waals surface area (Å²) in [6, 6.07) is 7.70. The fourth-order valence-electron chi connectivity index (χ4n) is 1.30. The molecule has 0 aromatic heterocycles. The number of methoxy groups -OCH3 is 1. The van der Waals surface area contributed by atoms with Gasteiger partial charge in [0.1, 0.15) is 5.75 Å². The molecular formula is C12H19NO2. The van der Waals surface area contributed by atoms with Gasteiger partial charge in [-0.3, -0.25) is 0 Å². The van der Waals surface area contributed by atoms with Gasteiger partial charge in [-0.2, -0.15) is 0 Å². The van der Waals surface area contributed by atoms with Gasteiger partial charge in [-0.15, -0.1) is 0 Å². The number of rotatable bonds is 6. The molecule has 1 unspecified atom stereocenters. The van der Waals surface area contributed by atoms with Crippen LogP contribution in [0.15, 0.2) is 24.3 Å². The van der Waals surface area contributed by atoms with E-state index >= 15 is 0 Å².